The van der Waals surface area contributed by atoms with Crippen LogP contribution >= 0.6 is 0 Å². The molecule has 44 valence electrons. The minimum Gasteiger partial charge on any atom is -1.00 e. The third kappa shape index (κ3) is 4.23. The number of carbonyl (C=O) groups excluding carboxylic acids is 1. The van der Waals surface area contributed by atoms with Gasteiger partial charge in [-0.2, -0.15) is 0 Å². The van der Waals surface area contributed by atoms with Crippen molar-refractivity contribution in [2.75, 3.05) is 7.11 Å². The smallest absolute Gasteiger partial charge is 1.00 e. The Kier molecular flexibility index (Phi) is 7.13. The summed E-state index contributed by atoms with van der Waals surface area (Å²) in [6, 6.07) is 0. The molecule has 0 bridgehead atoms. The summed E-state index contributed by atoms with van der Waals surface area (Å²) in [7, 11) is 1.39. The monoisotopic (exact) mass is 110 g/mol. The van der Waals surface area contributed by atoms with Gasteiger partial charge in [0, 0.05) is 0 Å². The van der Waals surface area contributed by atoms with E-state index in [1.54, 1.807) is 13.8 Å². The van der Waals surface area contributed by atoms with Gasteiger partial charge in [0.25, 0.3) is 0 Å². The molecule has 0 saturated carbocycles. The van der Waals surface area contributed by atoms with Crippen LogP contribution in [-0.4, -0.2) is 13.1 Å². The van der Waals surface area contributed by atoms with Gasteiger partial charge in [0.1, 0.15) is 0 Å². The second-order valence-electron chi connectivity index (χ2n) is 1.68. The van der Waals surface area contributed by atoms with Crippen LogP contribution in [0.4, 0.5) is 0 Å². The minimum atomic E-state index is -0.153. The summed E-state index contributed by atoms with van der Waals surface area (Å²) >= 11 is 0. The second kappa shape index (κ2) is 5.21. The molecule has 0 amide bonds. The van der Waals surface area contributed by atoms with Crippen molar-refractivity contribution >= 4 is 5.97 Å². The first kappa shape index (κ1) is 10.9. The SMILES string of the molecule is COC(=O)C(C)C.[H-].[Li+]. The Morgan fingerprint density at radius 1 is 1.62 bits per heavy atom. The van der Waals surface area contributed by atoms with Crippen LogP contribution in [0.25, 0.3) is 0 Å². The minimum absolute atomic E-state index is 0. The molecule has 0 N–H and O–H groups in total. The average molecular weight is 110 g/mol. The molecular weight excluding hydrogens is 99.0 g/mol. The first-order valence-corrected chi connectivity index (χ1v) is 2.26. The zero-order valence-corrected chi connectivity index (χ0v) is 5.89. The number of carbonyl (C=O) groups is 1. The summed E-state index contributed by atoms with van der Waals surface area (Å²) in [5.41, 5.74) is 0. The Morgan fingerprint density at radius 3 is 2.00 bits per heavy atom. The molecular formula is C5H11LiO2. The fourth-order valence-electron chi connectivity index (χ4n) is 0.236. The number of esters is 1. The van der Waals surface area contributed by atoms with Gasteiger partial charge in [0.05, 0.1) is 13.0 Å². The normalized spacial score (nSPS) is 8.00. The van der Waals surface area contributed by atoms with Crippen molar-refractivity contribution in [1.29, 1.82) is 0 Å². The van der Waals surface area contributed by atoms with Gasteiger partial charge in [0.15, 0.2) is 0 Å². The van der Waals surface area contributed by atoms with E-state index < -0.39 is 0 Å². The molecule has 0 unspecified atom stereocenters. The van der Waals surface area contributed by atoms with Gasteiger partial charge in [-0.1, -0.05) is 13.8 Å². The first-order chi connectivity index (χ1) is 3.18. The summed E-state index contributed by atoms with van der Waals surface area (Å²) < 4.78 is 4.37. The van der Waals surface area contributed by atoms with E-state index >= 15 is 0 Å². The third-order valence-electron chi connectivity index (χ3n) is 0.673. The topological polar surface area (TPSA) is 26.3 Å². The zero-order chi connectivity index (χ0) is 5.86. The van der Waals surface area contributed by atoms with Crippen LogP contribution in [0.1, 0.15) is 15.3 Å². The van der Waals surface area contributed by atoms with Crippen molar-refractivity contribution in [2.24, 2.45) is 5.92 Å². The van der Waals surface area contributed by atoms with Crippen LogP contribution in [0.2, 0.25) is 0 Å². The largest absolute Gasteiger partial charge is 1.00 e. The zero-order valence-electron chi connectivity index (χ0n) is 6.89. The van der Waals surface area contributed by atoms with Crippen molar-refractivity contribution in [3.8, 4) is 0 Å². The molecule has 0 aliphatic carbocycles. The molecule has 0 aliphatic rings. The van der Waals surface area contributed by atoms with Gasteiger partial charge < -0.3 is 6.16 Å². The van der Waals surface area contributed by atoms with Crippen LogP contribution in [0.3, 0.4) is 0 Å². The second-order valence-corrected chi connectivity index (χ2v) is 1.68. The number of rotatable bonds is 1. The Hall–Kier alpha value is 0.0674. The van der Waals surface area contributed by atoms with Gasteiger partial charge in [-0.05, 0) is 0 Å². The molecule has 0 fully saturated rings. The quantitative estimate of drug-likeness (QED) is 0.286. The maximum absolute atomic E-state index is 10.3. The van der Waals surface area contributed by atoms with Gasteiger partial charge in [-0.25, -0.2) is 0 Å². The van der Waals surface area contributed by atoms with Crippen molar-refractivity contribution in [3.63, 3.8) is 0 Å². The van der Waals surface area contributed by atoms with Crippen molar-refractivity contribution in [2.45, 2.75) is 13.8 Å². The third-order valence-corrected chi connectivity index (χ3v) is 0.673. The van der Waals surface area contributed by atoms with Crippen molar-refractivity contribution < 1.29 is 29.8 Å². The Balaban J connectivity index is -0.000000180. The Bertz CT molecular complexity index is 75.4. The van der Waals surface area contributed by atoms with Crippen LogP contribution in [0.5, 0.6) is 0 Å². The van der Waals surface area contributed by atoms with Crippen LogP contribution < -0.4 is 18.9 Å². The maximum atomic E-state index is 10.3. The van der Waals surface area contributed by atoms with E-state index in [1.165, 1.54) is 7.11 Å². The summed E-state index contributed by atoms with van der Waals surface area (Å²) in [6.07, 6.45) is 0. The molecule has 0 rings (SSSR count). The number of hydrogen-bond donors (Lipinski definition) is 0. The standard InChI is InChI=1S/C5H10O2.Li.H/c1-4(2)5(6)7-3;;/h4H,1-3H3;;/q;+1;-1. The Morgan fingerprint density at radius 2 is 2.00 bits per heavy atom. The fraction of sp³-hybridized carbons (Fsp3) is 0.800. The van der Waals surface area contributed by atoms with Gasteiger partial charge >= 0.3 is 24.8 Å². The summed E-state index contributed by atoms with van der Waals surface area (Å²) in [6.45, 7) is 3.59. The maximum Gasteiger partial charge on any atom is 1.00 e. The predicted octanol–water partition coefficient (Wildman–Crippen LogP) is -2.07. The fourth-order valence-corrected chi connectivity index (χ4v) is 0.236. The summed E-state index contributed by atoms with van der Waals surface area (Å²) in [4.78, 5) is 10.3. The van der Waals surface area contributed by atoms with Crippen molar-refractivity contribution in [3.05, 3.63) is 0 Å². The molecule has 0 atom stereocenters. The van der Waals surface area contributed by atoms with E-state index in [-0.39, 0.29) is 32.2 Å². The van der Waals surface area contributed by atoms with E-state index in [0.717, 1.165) is 0 Å². The molecule has 0 aromatic rings. The van der Waals surface area contributed by atoms with Gasteiger partial charge in [-0.3, -0.25) is 4.79 Å². The van der Waals surface area contributed by atoms with E-state index in [0.29, 0.717) is 0 Å². The summed E-state index contributed by atoms with van der Waals surface area (Å²) in [5.74, 6) is -0.148. The van der Waals surface area contributed by atoms with Gasteiger partial charge in [0.2, 0.25) is 0 Å². The van der Waals surface area contributed by atoms with Gasteiger partial charge in [-0.15, -0.1) is 0 Å². The van der Waals surface area contributed by atoms with Crippen LogP contribution in [0, 0.1) is 5.92 Å². The number of hydrogen-bond acceptors (Lipinski definition) is 2. The molecule has 0 aromatic carbocycles. The van der Waals surface area contributed by atoms with E-state index in [9.17, 15) is 4.79 Å². The molecule has 0 spiro atoms. The molecule has 0 saturated heterocycles. The number of methoxy groups -OCH3 is 1. The molecule has 0 radical (unpaired) electrons. The molecule has 8 heavy (non-hydrogen) atoms. The average Bonchev–Trinajstić information content (AvgIpc) is 1.65. The van der Waals surface area contributed by atoms with E-state index in [2.05, 4.69) is 4.74 Å². The molecule has 0 aromatic heterocycles. The summed E-state index contributed by atoms with van der Waals surface area (Å²) in [5, 5.41) is 0. The molecule has 0 aliphatic heterocycles. The molecule has 3 heteroatoms. The predicted molar refractivity (Wildman–Crippen MR) is 28.0 cm³/mol. The molecule has 2 nitrogen and oxygen atoms in total. The van der Waals surface area contributed by atoms with E-state index in [1.807, 2.05) is 0 Å². The Labute approximate surface area is 63.3 Å². The number of ether oxygens (including phenoxy) is 1. The van der Waals surface area contributed by atoms with Crippen molar-refractivity contribution in [1.82, 2.24) is 0 Å². The van der Waals surface area contributed by atoms with E-state index in [4.69, 9.17) is 0 Å². The van der Waals surface area contributed by atoms with Crippen LogP contribution in [0.15, 0.2) is 0 Å². The first-order valence-electron chi connectivity index (χ1n) is 2.26. The van der Waals surface area contributed by atoms with Crippen LogP contribution in [-0.2, 0) is 9.53 Å². The molecule has 0 heterocycles.